The van der Waals surface area contributed by atoms with Crippen molar-refractivity contribution in [3.63, 3.8) is 0 Å². The number of aromatic nitrogens is 2. The molecule has 1 saturated heterocycles. The Kier molecular flexibility index (Phi) is 7.27. The molecular weight excluding hydrogens is 305 g/mol. The van der Waals surface area contributed by atoms with E-state index in [2.05, 4.69) is 16.0 Å². The summed E-state index contributed by atoms with van der Waals surface area (Å²) in [5, 5.41) is 8.87. The molecule has 0 spiro atoms. The van der Waals surface area contributed by atoms with Crippen LogP contribution in [0, 0.1) is 24.2 Å². The fourth-order valence-electron chi connectivity index (χ4n) is 2.36. The van der Waals surface area contributed by atoms with Gasteiger partial charge in [-0.15, -0.1) is 0 Å². The SMILES string of the molecule is CC.Cc1ncc(N2CCC(C#N)CC2)nc1CCC(F)(F)F. The van der Waals surface area contributed by atoms with Gasteiger partial charge < -0.3 is 4.90 Å². The van der Waals surface area contributed by atoms with Gasteiger partial charge in [-0.05, 0) is 19.8 Å². The minimum Gasteiger partial charge on any atom is -0.355 e. The van der Waals surface area contributed by atoms with Crippen LogP contribution in [0.3, 0.4) is 0 Å². The highest BCUT2D eigenvalue weighted by atomic mass is 19.4. The van der Waals surface area contributed by atoms with E-state index in [0.29, 0.717) is 30.3 Å². The normalized spacial score (nSPS) is 15.6. The van der Waals surface area contributed by atoms with Gasteiger partial charge in [0.2, 0.25) is 0 Å². The van der Waals surface area contributed by atoms with E-state index in [4.69, 9.17) is 5.26 Å². The van der Waals surface area contributed by atoms with Crippen molar-refractivity contribution in [1.29, 1.82) is 5.26 Å². The summed E-state index contributed by atoms with van der Waals surface area (Å²) in [7, 11) is 0. The number of nitriles is 1. The third-order valence-electron chi connectivity index (χ3n) is 3.69. The number of hydrogen-bond donors (Lipinski definition) is 0. The molecule has 2 heterocycles. The van der Waals surface area contributed by atoms with Crippen molar-refractivity contribution in [1.82, 2.24) is 9.97 Å². The molecule has 0 aromatic carbocycles. The molecule has 2 rings (SSSR count). The molecule has 128 valence electrons. The molecule has 0 N–H and O–H groups in total. The lowest BCUT2D eigenvalue weighted by atomic mass is 9.99. The smallest absolute Gasteiger partial charge is 0.355 e. The lowest BCUT2D eigenvalue weighted by molar-refractivity contribution is -0.134. The first-order valence-corrected chi connectivity index (χ1v) is 7.93. The summed E-state index contributed by atoms with van der Waals surface area (Å²) in [5.74, 6) is 0.665. The standard InChI is InChI=1S/C14H17F3N4.C2H6/c1-10-12(2-5-14(15,16)17)20-13(9-19-10)21-6-3-11(8-18)4-7-21;1-2/h9,11H,2-7H2,1H3;1-2H3. The Labute approximate surface area is 135 Å². The van der Waals surface area contributed by atoms with Gasteiger partial charge in [-0.1, -0.05) is 13.8 Å². The van der Waals surface area contributed by atoms with Crippen molar-refractivity contribution >= 4 is 5.82 Å². The molecule has 1 aliphatic rings. The zero-order valence-electron chi connectivity index (χ0n) is 13.8. The number of alkyl halides is 3. The van der Waals surface area contributed by atoms with E-state index in [0.717, 1.165) is 12.8 Å². The molecule has 23 heavy (non-hydrogen) atoms. The summed E-state index contributed by atoms with van der Waals surface area (Å²) in [6, 6.07) is 2.25. The second-order valence-electron chi connectivity index (χ2n) is 5.27. The molecule has 1 aromatic rings. The van der Waals surface area contributed by atoms with E-state index in [1.165, 1.54) is 0 Å². The fourth-order valence-corrected chi connectivity index (χ4v) is 2.36. The van der Waals surface area contributed by atoms with Gasteiger partial charge in [0.15, 0.2) is 0 Å². The first-order chi connectivity index (χ1) is 10.9. The van der Waals surface area contributed by atoms with Crippen LogP contribution >= 0.6 is 0 Å². The molecule has 1 fully saturated rings. The van der Waals surface area contributed by atoms with Crippen molar-refractivity contribution in [2.75, 3.05) is 18.0 Å². The van der Waals surface area contributed by atoms with Crippen molar-refractivity contribution < 1.29 is 13.2 Å². The van der Waals surface area contributed by atoms with Gasteiger partial charge in [0.1, 0.15) is 5.82 Å². The van der Waals surface area contributed by atoms with Gasteiger partial charge in [0, 0.05) is 31.8 Å². The number of rotatable bonds is 3. The second-order valence-corrected chi connectivity index (χ2v) is 5.27. The third kappa shape index (κ3) is 6.05. The molecule has 0 bridgehead atoms. The molecule has 0 unspecified atom stereocenters. The number of piperidine rings is 1. The van der Waals surface area contributed by atoms with E-state index < -0.39 is 12.6 Å². The maximum atomic E-state index is 12.3. The number of aryl methyl sites for hydroxylation is 2. The summed E-state index contributed by atoms with van der Waals surface area (Å²) < 4.78 is 37.0. The molecule has 0 atom stereocenters. The Balaban J connectivity index is 0.00000127. The van der Waals surface area contributed by atoms with Gasteiger partial charge in [-0.25, -0.2) is 4.98 Å². The highest BCUT2D eigenvalue weighted by molar-refractivity contribution is 5.38. The molecular formula is C16H23F3N4. The van der Waals surface area contributed by atoms with Crippen LogP contribution in [0.1, 0.15) is 44.5 Å². The fraction of sp³-hybridized carbons (Fsp3) is 0.688. The topological polar surface area (TPSA) is 52.8 Å². The van der Waals surface area contributed by atoms with Gasteiger partial charge in [0.05, 0.1) is 23.7 Å². The van der Waals surface area contributed by atoms with Crippen molar-refractivity contribution in [2.24, 2.45) is 5.92 Å². The Morgan fingerprint density at radius 1 is 1.30 bits per heavy atom. The van der Waals surface area contributed by atoms with E-state index in [1.54, 1.807) is 13.1 Å². The first kappa shape index (κ1) is 19.2. The van der Waals surface area contributed by atoms with Gasteiger partial charge in [-0.3, -0.25) is 4.98 Å². The third-order valence-corrected chi connectivity index (χ3v) is 3.69. The highest BCUT2D eigenvalue weighted by Crippen LogP contribution is 2.24. The summed E-state index contributed by atoms with van der Waals surface area (Å²) >= 11 is 0. The Morgan fingerprint density at radius 3 is 2.43 bits per heavy atom. The van der Waals surface area contributed by atoms with Crippen LogP contribution in [-0.2, 0) is 6.42 Å². The van der Waals surface area contributed by atoms with Gasteiger partial charge >= 0.3 is 6.18 Å². The molecule has 1 aliphatic heterocycles. The summed E-state index contributed by atoms with van der Waals surface area (Å²) in [5.41, 5.74) is 0.933. The Hall–Kier alpha value is -1.84. The lowest BCUT2D eigenvalue weighted by Crippen LogP contribution is -2.34. The van der Waals surface area contributed by atoms with E-state index in [1.807, 2.05) is 18.7 Å². The van der Waals surface area contributed by atoms with Crippen LogP contribution < -0.4 is 4.90 Å². The Morgan fingerprint density at radius 2 is 1.91 bits per heavy atom. The van der Waals surface area contributed by atoms with E-state index in [9.17, 15) is 13.2 Å². The average molecular weight is 328 g/mol. The molecule has 7 heteroatoms. The highest BCUT2D eigenvalue weighted by Gasteiger charge is 2.27. The summed E-state index contributed by atoms with van der Waals surface area (Å²) in [6.45, 7) is 7.05. The number of anilines is 1. The predicted molar refractivity (Wildman–Crippen MR) is 83.0 cm³/mol. The van der Waals surface area contributed by atoms with E-state index >= 15 is 0 Å². The monoisotopic (exact) mass is 328 g/mol. The zero-order valence-corrected chi connectivity index (χ0v) is 13.8. The average Bonchev–Trinajstić information content (AvgIpc) is 2.55. The lowest BCUT2D eigenvalue weighted by Gasteiger charge is -2.30. The maximum absolute atomic E-state index is 12.3. The van der Waals surface area contributed by atoms with Crippen LogP contribution in [0.15, 0.2) is 6.20 Å². The van der Waals surface area contributed by atoms with E-state index in [-0.39, 0.29) is 12.3 Å². The van der Waals surface area contributed by atoms with Crippen LogP contribution in [0.4, 0.5) is 19.0 Å². The molecule has 1 aromatic heterocycles. The molecule has 0 amide bonds. The van der Waals surface area contributed by atoms with Crippen molar-refractivity contribution in [3.8, 4) is 6.07 Å². The predicted octanol–water partition coefficient (Wildman–Crippen LogP) is 4.05. The molecule has 0 radical (unpaired) electrons. The number of hydrogen-bond acceptors (Lipinski definition) is 4. The van der Waals surface area contributed by atoms with Crippen LogP contribution in [0.25, 0.3) is 0 Å². The first-order valence-electron chi connectivity index (χ1n) is 7.93. The number of nitrogens with zero attached hydrogens (tertiary/aromatic N) is 4. The van der Waals surface area contributed by atoms with Crippen LogP contribution in [0.2, 0.25) is 0 Å². The maximum Gasteiger partial charge on any atom is 0.389 e. The van der Waals surface area contributed by atoms with Crippen LogP contribution in [-0.4, -0.2) is 29.2 Å². The minimum atomic E-state index is -4.19. The molecule has 0 saturated carbocycles. The zero-order chi connectivity index (χ0) is 17.5. The second kappa shape index (κ2) is 8.70. The van der Waals surface area contributed by atoms with Crippen LogP contribution in [0.5, 0.6) is 0 Å². The largest absolute Gasteiger partial charge is 0.389 e. The molecule has 4 nitrogen and oxygen atoms in total. The minimum absolute atomic E-state index is 0.0596. The Bertz CT molecular complexity index is 529. The van der Waals surface area contributed by atoms with Crippen molar-refractivity contribution in [2.45, 2.75) is 52.6 Å². The van der Waals surface area contributed by atoms with Gasteiger partial charge in [-0.2, -0.15) is 18.4 Å². The summed E-state index contributed by atoms with van der Waals surface area (Å²) in [4.78, 5) is 10.5. The molecule has 0 aliphatic carbocycles. The number of halogens is 3. The van der Waals surface area contributed by atoms with Gasteiger partial charge in [0.25, 0.3) is 0 Å². The summed E-state index contributed by atoms with van der Waals surface area (Å²) in [6.07, 6.45) is -2.12. The quantitative estimate of drug-likeness (QED) is 0.840. The van der Waals surface area contributed by atoms with Crippen molar-refractivity contribution in [3.05, 3.63) is 17.6 Å².